The molecule has 0 aromatic carbocycles. The second-order valence-corrected chi connectivity index (χ2v) is 6.07. The molecule has 0 radical (unpaired) electrons. The van der Waals surface area contributed by atoms with Crippen molar-refractivity contribution < 1.29 is 9.18 Å². The van der Waals surface area contributed by atoms with Crippen LogP contribution >= 0.6 is 0 Å². The first-order valence-electron chi connectivity index (χ1n) is 8.20. The van der Waals surface area contributed by atoms with E-state index in [1.165, 1.54) is 24.8 Å². The fraction of sp³-hybridized carbons (Fsp3) is 0.368. The van der Waals surface area contributed by atoms with E-state index in [-0.39, 0.29) is 17.8 Å². The van der Waals surface area contributed by atoms with Gasteiger partial charge in [-0.05, 0) is 50.2 Å². The van der Waals surface area contributed by atoms with E-state index in [9.17, 15) is 9.18 Å². The van der Waals surface area contributed by atoms with Crippen molar-refractivity contribution in [1.29, 1.82) is 0 Å². The Morgan fingerprint density at radius 1 is 1.38 bits per heavy atom. The summed E-state index contributed by atoms with van der Waals surface area (Å²) in [4.78, 5) is 18.8. The zero-order chi connectivity index (χ0) is 16.9. The number of piperidine rings is 1. The summed E-state index contributed by atoms with van der Waals surface area (Å²) in [5.41, 5.74) is 0.833. The quantitative estimate of drug-likeness (QED) is 0.868. The molecule has 3 rings (SSSR count). The van der Waals surface area contributed by atoms with Gasteiger partial charge in [-0.3, -0.25) is 9.69 Å². The molecule has 1 saturated heterocycles. The Kier molecular flexibility index (Phi) is 5.07. The first-order chi connectivity index (χ1) is 11.7. The van der Waals surface area contributed by atoms with Crippen molar-refractivity contribution in [3.8, 4) is 12.3 Å². The minimum absolute atomic E-state index is 0.0253. The Hall–Kier alpha value is -2.45. The van der Waals surface area contributed by atoms with Crippen LogP contribution < -0.4 is 5.32 Å². The molecular formula is C19H20FN3O. The molecule has 1 aromatic rings. The molecule has 1 amide bonds. The van der Waals surface area contributed by atoms with Gasteiger partial charge in [-0.1, -0.05) is 18.4 Å². The summed E-state index contributed by atoms with van der Waals surface area (Å²) in [5.74, 6) is 1.81. The van der Waals surface area contributed by atoms with E-state index in [0.29, 0.717) is 11.3 Å². The molecule has 2 heterocycles. The normalized spacial score (nSPS) is 24.1. The largest absolute Gasteiger partial charge is 0.344 e. The molecule has 1 fully saturated rings. The predicted molar refractivity (Wildman–Crippen MR) is 91.0 cm³/mol. The van der Waals surface area contributed by atoms with Gasteiger partial charge in [0.05, 0.1) is 12.1 Å². The maximum atomic E-state index is 13.7. The Bertz CT molecular complexity index is 714. The van der Waals surface area contributed by atoms with Crippen molar-refractivity contribution in [3.05, 3.63) is 53.6 Å². The molecule has 0 saturated carbocycles. The van der Waals surface area contributed by atoms with Gasteiger partial charge in [-0.25, -0.2) is 9.37 Å². The van der Waals surface area contributed by atoms with Crippen LogP contribution in [0.1, 0.15) is 35.3 Å². The third kappa shape index (κ3) is 3.72. The number of hydrogen-bond donors (Lipinski definition) is 1. The van der Waals surface area contributed by atoms with Gasteiger partial charge in [0.25, 0.3) is 5.91 Å². The molecule has 1 aliphatic heterocycles. The number of amides is 1. The van der Waals surface area contributed by atoms with E-state index in [1.807, 2.05) is 6.08 Å². The molecule has 1 aliphatic carbocycles. The molecule has 2 aliphatic rings. The SMILES string of the molecule is C#Cc1cc(C(=O)NC2C=C(F)C=CC2N2CCCCC2)ccn1. The van der Waals surface area contributed by atoms with Gasteiger partial charge in [0.1, 0.15) is 11.5 Å². The minimum Gasteiger partial charge on any atom is -0.344 e. The molecule has 124 valence electrons. The highest BCUT2D eigenvalue weighted by Gasteiger charge is 2.29. The number of allylic oxidation sites excluding steroid dienone is 2. The van der Waals surface area contributed by atoms with Crippen molar-refractivity contribution in [2.45, 2.75) is 31.3 Å². The summed E-state index contributed by atoms with van der Waals surface area (Å²) in [6.45, 7) is 1.93. The van der Waals surface area contributed by atoms with E-state index in [1.54, 1.807) is 12.1 Å². The van der Waals surface area contributed by atoms with Gasteiger partial charge in [0, 0.05) is 11.8 Å². The highest BCUT2D eigenvalue weighted by atomic mass is 19.1. The third-order valence-electron chi connectivity index (χ3n) is 4.44. The number of rotatable bonds is 3. The van der Waals surface area contributed by atoms with Crippen molar-refractivity contribution >= 4 is 5.91 Å². The van der Waals surface area contributed by atoms with Crippen LogP contribution in [0.4, 0.5) is 4.39 Å². The van der Waals surface area contributed by atoms with E-state index >= 15 is 0 Å². The van der Waals surface area contributed by atoms with Crippen molar-refractivity contribution in [2.75, 3.05) is 13.1 Å². The van der Waals surface area contributed by atoms with E-state index in [0.717, 1.165) is 25.9 Å². The summed E-state index contributed by atoms with van der Waals surface area (Å²) in [6, 6.07) is 2.74. The summed E-state index contributed by atoms with van der Waals surface area (Å²) in [5, 5.41) is 2.92. The number of aromatic nitrogens is 1. The zero-order valence-electron chi connectivity index (χ0n) is 13.4. The zero-order valence-corrected chi connectivity index (χ0v) is 13.4. The lowest BCUT2D eigenvalue weighted by atomic mass is 9.97. The van der Waals surface area contributed by atoms with E-state index < -0.39 is 6.04 Å². The van der Waals surface area contributed by atoms with Gasteiger partial charge >= 0.3 is 0 Å². The molecule has 5 heteroatoms. The maximum Gasteiger partial charge on any atom is 0.251 e. The molecule has 2 unspecified atom stereocenters. The van der Waals surface area contributed by atoms with Crippen LogP contribution in [0.25, 0.3) is 0 Å². The van der Waals surface area contributed by atoms with Crippen molar-refractivity contribution in [1.82, 2.24) is 15.2 Å². The van der Waals surface area contributed by atoms with Crippen LogP contribution in [0.5, 0.6) is 0 Å². The topological polar surface area (TPSA) is 45.2 Å². The van der Waals surface area contributed by atoms with E-state index in [4.69, 9.17) is 6.42 Å². The van der Waals surface area contributed by atoms with Gasteiger partial charge in [-0.2, -0.15) is 0 Å². The van der Waals surface area contributed by atoms with Crippen molar-refractivity contribution in [3.63, 3.8) is 0 Å². The number of halogens is 1. The third-order valence-corrected chi connectivity index (χ3v) is 4.44. The number of likely N-dealkylation sites (tertiary alicyclic amines) is 1. The average molecular weight is 325 g/mol. The van der Waals surface area contributed by atoms with Crippen LogP contribution in [0, 0.1) is 12.3 Å². The number of pyridine rings is 1. The Morgan fingerprint density at radius 2 is 2.17 bits per heavy atom. The summed E-state index contributed by atoms with van der Waals surface area (Å²) in [7, 11) is 0. The summed E-state index contributed by atoms with van der Waals surface area (Å²) in [6.07, 6.45) is 15.1. The number of carbonyl (C=O) groups excluding carboxylic acids is 1. The van der Waals surface area contributed by atoms with Gasteiger partial charge < -0.3 is 5.32 Å². The lowest BCUT2D eigenvalue weighted by Gasteiger charge is -2.38. The van der Waals surface area contributed by atoms with Crippen LogP contribution in [-0.2, 0) is 0 Å². The number of terminal acetylenes is 1. The Morgan fingerprint density at radius 3 is 2.92 bits per heavy atom. The van der Waals surface area contributed by atoms with Crippen molar-refractivity contribution in [2.24, 2.45) is 0 Å². The van der Waals surface area contributed by atoms with Crippen LogP contribution in [0.2, 0.25) is 0 Å². The first-order valence-corrected chi connectivity index (χ1v) is 8.20. The molecule has 0 bridgehead atoms. The fourth-order valence-electron chi connectivity index (χ4n) is 3.21. The molecule has 2 atom stereocenters. The monoisotopic (exact) mass is 325 g/mol. The second kappa shape index (κ2) is 7.41. The van der Waals surface area contributed by atoms with E-state index in [2.05, 4.69) is 21.1 Å². The van der Waals surface area contributed by atoms with Crippen LogP contribution in [-0.4, -0.2) is 41.0 Å². The fourth-order valence-corrected chi connectivity index (χ4v) is 3.21. The van der Waals surface area contributed by atoms with Gasteiger partial charge in [-0.15, -0.1) is 6.42 Å². The summed E-state index contributed by atoms with van der Waals surface area (Å²) < 4.78 is 13.7. The average Bonchev–Trinajstić information content (AvgIpc) is 2.62. The molecule has 4 nitrogen and oxygen atoms in total. The molecule has 24 heavy (non-hydrogen) atoms. The van der Waals surface area contributed by atoms with Gasteiger partial charge in [0.15, 0.2) is 0 Å². The molecular weight excluding hydrogens is 305 g/mol. The second-order valence-electron chi connectivity index (χ2n) is 6.07. The molecule has 1 aromatic heterocycles. The highest BCUT2D eigenvalue weighted by Crippen LogP contribution is 2.21. The minimum atomic E-state index is -0.400. The first kappa shape index (κ1) is 16.4. The lowest BCUT2D eigenvalue weighted by Crippen LogP contribution is -2.52. The maximum absolute atomic E-state index is 13.7. The number of nitrogens with one attached hydrogen (secondary N) is 1. The molecule has 1 N–H and O–H groups in total. The number of nitrogens with zero attached hydrogens (tertiary/aromatic N) is 2. The lowest BCUT2D eigenvalue weighted by molar-refractivity contribution is 0.0913. The highest BCUT2D eigenvalue weighted by molar-refractivity contribution is 5.94. The smallest absolute Gasteiger partial charge is 0.251 e. The Labute approximate surface area is 141 Å². The number of hydrogen-bond acceptors (Lipinski definition) is 3. The standard InChI is InChI=1S/C19H20FN3O/c1-2-16-12-14(8-9-21-16)19(24)22-17-13-15(20)6-7-18(17)23-10-4-3-5-11-23/h1,6-9,12-13,17-18H,3-5,10-11H2,(H,22,24). The number of carbonyl (C=O) groups is 1. The molecule has 0 spiro atoms. The van der Waals surface area contributed by atoms with Crippen LogP contribution in [0.3, 0.4) is 0 Å². The van der Waals surface area contributed by atoms with Gasteiger partial charge in [0.2, 0.25) is 0 Å². The predicted octanol–water partition coefficient (Wildman–Crippen LogP) is 2.44. The van der Waals surface area contributed by atoms with Crippen LogP contribution in [0.15, 0.2) is 42.4 Å². The summed E-state index contributed by atoms with van der Waals surface area (Å²) >= 11 is 0. The Balaban J connectivity index is 1.76.